The third-order valence-corrected chi connectivity index (χ3v) is 3.35. The van der Waals surface area contributed by atoms with Crippen LogP contribution in [-0.2, 0) is 11.3 Å². The van der Waals surface area contributed by atoms with Crippen LogP contribution < -0.4 is 0 Å². The average Bonchev–Trinajstić information content (AvgIpc) is 2.73. The number of carboxylic acid groups (broad SMARTS) is 1. The van der Waals surface area contributed by atoms with Gasteiger partial charge in [0.05, 0.1) is 6.54 Å². The molecule has 0 amide bonds. The molecule has 1 aromatic heterocycles. The molecule has 0 saturated carbocycles. The number of likely N-dealkylation sites (tertiary alicyclic amines) is 1. The van der Waals surface area contributed by atoms with Gasteiger partial charge in [-0.05, 0) is 32.7 Å². The molecule has 1 aliphatic heterocycles. The molecule has 0 bridgehead atoms. The SMILES string of the molecule is Cc1noc(CN2CCCCC2CCC(=O)O)n1. The fourth-order valence-electron chi connectivity index (χ4n) is 2.46. The normalized spacial score (nSPS) is 21.1. The molecule has 100 valence electrons. The van der Waals surface area contributed by atoms with Gasteiger partial charge in [0, 0.05) is 12.5 Å². The van der Waals surface area contributed by atoms with E-state index in [2.05, 4.69) is 15.0 Å². The van der Waals surface area contributed by atoms with E-state index < -0.39 is 5.97 Å². The molecule has 0 radical (unpaired) electrons. The molecular formula is C12H19N3O3. The van der Waals surface area contributed by atoms with Crippen LogP contribution in [0.3, 0.4) is 0 Å². The number of hydrogen-bond donors (Lipinski definition) is 1. The zero-order valence-corrected chi connectivity index (χ0v) is 10.6. The molecule has 0 aromatic carbocycles. The number of carbonyl (C=O) groups is 1. The predicted molar refractivity (Wildman–Crippen MR) is 64.0 cm³/mol. The van der Waals surface area contributed by atoms with Gasteiger partial charge >= 0.3 is 5.97 Å². The number of carboxylic acids is 1. The molecule has 0 spiro atoms. The summed E-state index contributed by atoms with van der Waals surface area (Å²) in [7, 11) is 0. The average molecular weight is 253 g/mol. The number of aliphatic carboxylic acids is 1. The topological polar surface area (TPSA) is 79.5 Å². The minimum absolute atomic E-state index is 0.226. The first-order valence-electron chi connectivity index (χ1n) is 6.40. The Morgan fingerprint density at radius 1 is 1.56 bits per heavy atom. The summed E-state index contributed by atoms with van der Waals surface area (Å²) in [5.74, 6) is 0.535. The van der Waals surface area contributed by atoms with Crippen molar-refractivity contribution in [2.45, 2.75) is 51.6 Å². The van der Waals surface area contributed by atoms with Crippen molar-refractivity contribution in [1.82, 2.24) is 15.0 Å². The number of aromatic nitrogens is 2. The Morgan fingerprint density at radius 2 is 2.39 bits per heavy atom. The highest BCUT2D eigenvalue weighted by Gasteiger charge is 2.24. The molecule has 1 aliphatic rings. The van der Waals surface area contributed by atoms with E-state index in [0.717, 1.165) is 19.4 Å². The van der Waals surface area contributed by atoms with Gasteiger partial charge in [-0.2, -0.15) is 4.98 Å². The van der Waals surface area contributed by atoms with Crippen LogP contribution in [0.15, 0.2) is 4.52 Å². The lowest BCUT2D eigenvalue weighted by Crippen LogP contribution is -2.39. The largest absolute Gasteiger partial charge is 0.481 e. The zero-order valence-electron chi connectivity index (χ0n) is 10.6. The van der Waals surface area contributed by atoms with E-state index in [1.807, 2.05) is 0 Å². The van der Waals surface area contributed by atoms with E-state index in [-0.39, 0.29) is 6.42 Å². The van der Waals surface area contributed by atoms with Crippen molar-refractivity contribution in [2.24, 2.45) is 0 Å². The van der Waals surface area contributed by atoms with Crippen LogP contribution in [0.1, 0.15) is 43.8 Å². The van der Waals surface area contributed by atoms with Crippen LogP contribution >= 0.6 is 0 Å². The number of aryl methyl sites for hydroxylation is 1. The summed E-state index contributed by atoms with van der Waals surface area (Å²) < 4.78 is 5.12. The maximum Gasteiger partial charge on any atom is 0.303 e. The molecule has 2 rings (SSSR count). The molecular weight excluding hydrogens is 234 g/mol. The van der Waals surface area contributed by atoms with Gasteiger partial charge in [-0.25, -0.2) is 0 Å². The summed E-state index contributed by atoms with van der Waals surface area (Å²) in [4.78, 5) is 17.1. The first-order valence-corrected chi connectivity index (χ1v) is 6.40. The molecule has 1 fully saturated rings. The van der Waals surface area contributed by atoms with Crippen molar-refractivity contribution < 1.29 is 14.4 Å². The van der Waals surface area contributed by atoms with Gasteiger partial charge in [0.1, 0.15) is 0 Å². The van der Waals surface area contributed by atoms with Gasteiger partial charge in [-0.3, -0.25) is 9.69 Å². The van der Waals surface area contributed by atoms with Crippen LogP contribution in [0.5, 0.6) is 0 Å². The maximum absolute atomic E-state index is 10.7. The van der Waals surface area contributed by atoms with Crippen molar-refractivity contribution in [3.05, 3.63) is 11.7 Å². The molecule has 6 nitrogen and oxygen atoms in total. The smallest absolute Gasteiger partial charge is 0.303 e. The Bertz CT molecular complexity index is 405. The van der Waals surface area contributed by atoms with E-state index in [1.165, 1.54) is 6.42 Å². The lowest BCUT2D eigenvalue weighted by atomic mass is 9.98. The van der Waals surface area contributed by atoms with E-state index in [9.17, 15) is 4.79 Å². The van der Waals surface area contributed by atoms with Gasteiger partial charge in [0.15, 0.2) is 5.82 Å². The second-order valence-corrected chi connectivity index (χ2v) is 4.79. The Balaban J connectivity index is 1.92. The molecule has 18 heavy (non-hydrogen) atoms. The highest BCUT2D eigenvalue weighted by atomic mass is 16.5. The second kappa shape index (κ2) is 5.95. The standard InChI is InChI=1S/C12H19N3O3/c1-9-13-11(18-14-9)8-15-7-3-2-4-10(15)5-6-12(16)17/h10H,2-8H2,1H3,(H,16,17). The summed E-state index contributed by atoms with van der Waals surface area (Å²) in [6, 6.07) is 0.321. The first kappa shape index (κ1) is 13.0. The van der Waals surface area contributed by atoms with Crippen LogP contribution in [0.2, 0.25) is 0 Å². The third kappa shape index (κ3) is 3.53. The number of rotatable bonds is 5. The Labute approximate surface area is 106 Å². The molecule has 1 atom stereocenters. The molecule has 1 N–H and O–H groups in total. The second-order valence-electron chi connectivity index (χ2n) is 4.79. The molecule has 2 heterocycles. The van der Waals surface area contributed by atoms with E-state index in [1.54, 1.807) is 6.92 Å². The van der Waals surface area contributed by atoms with Crippen LogP contribution in [0, 0.1) is 6.92 Å². The van der Waals surface area contributed by atoms with Crippen molar-refractivity contribution in [3.63, 3.8) is 0 Å². The molecule has 6 heteroatoms. The molecule has 0 aliphatic carbocycles. The molecule has 1 unspecified atom stereocenters. The maximum atomic E-state index is 10.7. The third-order valence-electron chi connectivity index (χ3n) is 3.35. The minimum Gasteiger partial charge on any atom is -0.481 e. The first-order chi connectivity index (χ1) is 8.65. The van der Waals surface area contributed by atoms with E-state index >= 15 is 0 Å². The van der Waals surface area contributed by atoms with Crippen molar-refractivity contribution in [2.75, 3.05) is 6.54 Å². The fourth-order valence-corrected chi connectivity index (χ4v) is 2.46. The van der Waals surface area contributed by atoms with Gasteiger partial charge in [0.2, 0.25) is 5.89 Å². The Kier molecular flexibility index (Phi) is 4.30. The van der Waals surface area contributed by atoms with Crippen molar-refractivity contribution in [3.8, 4) is 0 Å². The van der Waals surface area contributed by atoms with Gasteiger partial charge in [-0.1, -0.05) is 11.6 Å². The van der Waals surface area contributed by atoms with Crippen LogP contribution in [0.4, 0.5) is 0 Å². The molecule has 1 saturated heterocycles. The van der Waals surface area contributed by atoms with Crippen molar-refractivity contribution >= 4 is 5.97 Å². The lowest BCUT2D eigenvalue weighted by Gasteiger charge is -2.34. The predicted octanol–water partition coefficient (Wildman–Crippen LogP) is 1.60. The van der Waals surface area contributed by atoms with Gasteiger partial charge < -0.3 is 9.63 Å². The van der Waals surface area contributed by atoms with Crippen LogP contribution in [-0.4, -0.2) is 38.7 Å². The zero-order chi connectivity index (χ0) is 13.0. The van der Waals surface area contributed by atoms with Gasteiger partial charge in [0.25, 0.3) is 0 Å². The lowest BCUT2D eigenvalue weighted by molar-refractivity contribution is -0.137. The number of piperidine rings is 1. The Morgan fingerprint density at radius 3 is 3.06 bits per heavy atom. The summed E-state index contributed by atoms with van der Waals surface area (Å²) in [6.07, 6.45) is 4.30. The summed E-state index contributed by atoms with van der Waals surface area (Å²) >= 11 is 0. The summed E-state index contributed by atoms with van der Waals surface area (Å²) in [6.45, 7) is 3.40. The fraction of sp³-hybridized carbons (Fsp3) is 0.750. The quantitative estimate of drug-likeness (QED) is 0.858. The molecule has 1 aromatic rings. The highest BCUT2D eigenvalue weighted by Crippen LogP contribution is 2.22. The number of hydrogen-bond acceptors (Lipinski definition) is 5. The minimum atomic E-state index is -0.728. The summed E-state index contributed by atoms with van der Waals surface area (Å²) in [5, 5.41) is 12.5. The van der Waals surface area contributed by atoms with Gasteiger partial charge in [-0.15, -0.1) is 0 Å². The van der Waals surface area contributed by atoms with E-state index in [4.69, 9.17) is 9.63 Å². The van der Waals surface area contributed by atoms with E-state index in [0.29, 0.717) is 30.7 Å². The monoisotopic (exact) mass is 253 g/mol. The van der Waals surface area contributed by atoms with Crippen LogP contribution in [0.25, 0.3) is 0 Å². The highest BCUT2D eigenvalue weighted by molar-refractivity contribution is 5.66. The van der Waals surface area contributed by atoms with Crippen molar-refractivity contribution in [1.29, 1.82) is 0 Å². The Hall–Kier alpha value is -1.43. The summed E-state index contributed by atoms with van der Waals surface area (Å²) in [5.41, 5.74) is 0. The number of nitrogens with zero attached hydrogens (tertiary/aromatic N) is 3.